The lowest BCUT2D eigenvalue weighted by Crippen LogP contribution is -1.95. The van der Waals surface area contributed by atoms with Gasteiger partial charge in [-0.2, -0.15) is 0 Å². The summed E-state index contributed by atoms with van der Waals surface area (Å²) in [6.07, 6.45) is 1.31. The fourth-order valence-electron chi connectivity index (χ4n) is 1.45. The highest BCUT2D eigenvalue weighted by molar-refractivity contribution is 7.17. The lowest BCUT2D eigenvalue weighted by molar-refractivity contribution is 0.0702. The third-order valence-electron chi connectivity index (χ3n) is 2.37. The summed E-state index contributed by atoms with van der Waals surface area (Å²) in [5.74, 6) is 0.270. The first-order chi connectivity index (χ1) is 9.13. The van der Waals surface area contributed by atoms with Gasteiger partial charge in [0.05, 0.1) is 26.1 Å². The number of carbonyl (C=O) groups is 1. The molecule has 100 valence electrons. The number of thiazole rings is 1. The molecule has 0 amide bonds. The van der Waals surface area contributed by atoms with Crippen molar-refractivity contribution in [2.45, 2.75) is 0 Å². The van der Waals surface area contributed by atoms with Crippen LogP contribution in [0.4, 0.5) is 10.8 Å². The molecular formula is C12H12N2O4S. The first kappa shape index (κ1) is 13.2. The number of nitrogens with one attached hydrogen (secondary N) is 1. The fourth-order valence-corrected chi connectivity index (χ4v) is 2.12. The van der Waals surface area contributed by atoms with Gasteiger partial charge in [0, 0.05) is 6.07 Å². The van der Waals surface area contributed by atoms with Gasteiger partial charge in [0.2, 0.25) is 0 Å². The van der Waals surface area contributed by atoms with Crippen molar-refractivity contribution < 1.29 is 19.4 Å². The molecule has 0 aliphatic carbocycles. The number of anilines is 2. The van der Waals surface area contributed by atoms with Crippen molar-refractivity contribution in [3.8, 4) is 11.5 Å². The van der Waals surface area contributed by atoms with Crippen LogP contribution in [-0.2, 0) is 0 Å². The molecule has 0 saturated carbocycles. The average molecular weight is 280 g/mol. The highest BCUT2D eigenvalue weighted by atomic mass is 32.1. The van der Waals surface area contributed by atoms with Crippen molar-refractivity contribution >= 4 is 28.1 Å². The summed E-state index contributed by atoms with van der Waals surface area (Å²) >= 11 is 1.06. The molecule has 1 aromatic carbocycles. The van der Waals surface area contributed by atoms with E-state index in [-0.39, 0.29) is 4.88 Å². The Balaban J connectivity index is 2.24. The van der Waals surface area contributed by atoms with E-state index in [0.717, 1.165) is 11.3 Å². The molecule has 2 N–H and O–H groups in total. The van der Waals surface area contributed by atoms with Crippen LogP contribution < -0.4 is 14.8 Å². The maximum Gasteiger partial charge on any atom is 0.347 e. The van der Waals surface area contributed by atoms with Gasteiger partial charge in [-0.05, 0) is 12.1 Å². The minimum Gasteiger partial charge on any atom is -0.497 e. The predicted molar refractivity (Wildman–Crippen MR) is 71.9 cm³/mol. The predicted octanol–water partition coefficient (Wildman–Crippen LogP) is 2.60. The van der Waals surface area contributed by atoms with Crippen molar-refractivity contribution in [3.05, 3.63) is 29.3 Å². The summed E-state index contributed by atoms with van der Waals surface area (Å²) in [6, 6.07) is 5.28. The summed E-state index contributed by atoms with van der Waals surface area (Å²) in [5.41, 5.74) is 0.689. The van der Waals surface area contributed by atoms with Gasteiger partial charge in [-0.25, -0.2) is 9.78 Å². The van der Waals surface area contributed by atoms with Crippen molar-refractivity contribution in [1.82, 2.24) is 4.98 Å². The first-order valence-electron chi connectivity index (χ1n) is 5.32. The monoisotopic (exact) mass is 280 g/mol. The lowest BCUT2D eigenvalue weighted by atomic mass is 10.3. The number of carboxylic acid groups (broad SMARTS) is 1. The Hall–Kier alpha value is -2.28. The van der Waals surface area contributed by atoms with Crippen molar-refractivity contribution in [1.29, 1.82) is 0 Å². The zero-order chi connectivity index (χ0) is 13.8. The number of rotatable bonds is 5. The second-order valence-corrected chi connectivity index (χ2v) is 4.56. The summed E-state index contributed by atoms with van der Waals surface area (Å²) in [4.78, 5) is 14.9. The number of aromatic nitrogens is 1. The van der Waals surface area contributed by atoms with Crippen molar-refractivity contribution in [2.24, 2.45) is 0 Å². The number of hydrogen-bond acceptors (Lipinski definition) is 6. The van der Waals surface area contributed by atoms with Gasteiger partial charge >= 0.3 is 5.97 Å². The minimum atomic E-state index is -0.993. The smallest absolute Gasteiger partial charge is 0.347 e. The summed E-state index contributed by atoms with van der Waals surface area (Å²) < 4.78 is 10.3. The van der Waals surface area contributed by atoms with Crippen molar-refractivity contribution in [2.75, 3.05) is 19.5 Å². The van der Waals surface area contributed by atoms with Crippen LogP contribution in [0, 0.1) is 0 Å². The Morgan fingerprint density at radius 3 is 2.74 bits per heavy atom. The number of aromatic carboxylic acids is 1. The quantitative estimate of drug-likeness (QED) is 0.876. The van der Waals surface area contributed by atoms with Crippen LogP contribution in [0.2, 0.25) is 0 Å². The topological polar surface area (TPSA) is 80.7 Å². The number of nitrogens with zero attached hydrogens (tertiary/aromatic N) is 1. The van der Waals surface area contributed by atoms with E-state index in [1.807, 2.05) is 0 Å². The van der Waals surface area contributed by atoms with E-state index in [4.69, 9.17) is 14.6 Å². The highest BCUT2D eigenvalue weighted by Gasteiger charge is 2.11. The van der Waals surface area contributed by atoms with Gasteiger partial charge in [0.1, 0.15) is 16.4 Å². The molecule has 19 heavy (non-hydrogen) atoms. The number of benzene rings is 1. The zero-order valence-corrected chi connectivity index (χ0v) is 11.2. The van der Waals surface area contributed by atoms with Crippen LogP contribution in [0.5, 0.6) is 11.5 Å². The van der Waals surface area contributed by atoms with Gasteiger partial charge in [-0.3, -0.25) is 0 Å². The third kappa shape index (κ3) is 2.94. The molecule has 6 nitrogen and oxygen atoms in total. The molecule has 0 atom stereocenters. The summed E-state index contributed by atoms with van der Waals surface area (Å²) in [7, 11) is 3.12. The van der Waals surface area contributed by atoms with Gasteiger partial charge < -0.3 is 19.9 Å². The largest absolute Gasteiger partial charge is 0.497 e. The third-order valence-corrected chi connectivity index (χ3v) is 3.27. The first-order valence-corrected chi connectivity index (χ1v) is 6.14. The highest BCUT2D eigenvalue weighted by Crippen LogP contribution is 2.32. The van der Waals surface area contributed by atoms with E-state index in [0.29, 0.717) is 22.3 Å². The van der Waals surface area contributed by atoms with E-state index >= 15 is 0 Å². The molecule has 1 aromatic heterocycles. The Kier molecular flexibility index (Phi) is 3.86. The summed E-state index contributed by atoms with van der Waals surface area (Å²) in [5, 5.41) is 12.3. The molecule has 2 aromatic rings. The number of carboxylic acids is 1. The molecule has 0 bridgehead atoms. The maximum atomic E-state index is 10.8. The number of methoxy groups -OCH3 is 2. The van der Waals surface area contributed by atoms with Crippen molar-refractivity contribution in [3.63, 3.8) is 0 Å². The van der Waals surface area contributed by atoms with Gasteiger partial charge in [-0.1, -0.05) is 11.3 Å². The van der Waals surface area contributed by atoms with Crippen LogP contribution in [-0.4, -0.2) is 30.3 Å². The normalized spacial score (nSPS) is 10.0. The average Bonchev–Trinajstić information content (AvgIpc) is 2.88. The molecule has 0 saturated heterocycles. The van der Waals surface area contributed by atoms with Gasteiger partial charge in [0.15, 0.2) is 5.13 Å². The van der Waals surface area contributed by atoms with Gasteiger partial charge in [0.25, 0.3) is 0 Å². The minimum absolute atomic E-state index is 0.176. The van der Waals surface area contributed by atoms with E-state index in [1.165, 1.54) is 6.20 Å². The second kappa shape index (κ2) is 5.57. The Morgan fingerprint density at radius 2 is 2.16 bits per heavy atom. The standard InChI is InChI=1S/C12H12N2O4S/c1-17-7-3-4-8(9(5-7)18-2)14-12-13-6-10(19-12)11(15)16/h3-6H,1-2H3,(H,13,14)(H,15,16). The SMILES string of the molecule is COc1ccc(Nc2ncc(C(=O)O)s2)c(OC)c1. The maximum absolute atomic E-state index is 10.8. The molecule has 0 unspecified atom stereocenters. The number of hydrogen-bond donors (Lipinski definition) is 2. The van der Waals surface area contributed by atoms with E-state index in [2.05, 4.69) is 10.3 Å². The fraction of sp³-hybridized carbons (Fsp3) is 0.167. The van der Waals surface area contributed by atoms with Gasteiger partial charge in [-0.15, -0.1) is 0 Å². The molecule has 7 heteroatoms. The Labute approximate surface area is 113 Å². The molecule has 0 aliphatic heterocycles. The molecule has 0 spiro atoms. The summed E-state index contributed by atoms with van der Waals surface area (Å²) in [6.45, 7) is 0. The molecule has 2 rings (SSSR count). The lowest BCUT2D eigenvalue weighted by Gasteiger charge is -2.10. The molecule has 1 heterocycles. The number of ether oxygens (including phenoxy) is 2. The van der Waals surface area contributed by atoms with Crippen LogP contribution in [0.3, 0.4) is 0 Å². The van der Waals surface area contributed by atoms with Crippen LogP contribution in [0.1, 0.15) is 9.67 Å². The zero-order valence-electron chi connectivity index (χ0n) is 10.3. The molecule has 0 fully saturated rings. The molecular weight excluding hydrogens is 268 g/mol. The Morgan fingerprint density at radius 1 is 1.37 bits per heavy atom. The molecule has 0 radical (unpaired) electrons. The second-order valence-electron chi connectivity index (χ2n) is 3.53. The van der Waals surface area contributed by atoms with Crippen LogP contribution >= 0.6 is 11.3 Å². The van der Waals surface area contributed by atoms with E-state index < -0.39 is 5.97 Å². The van der Waals surface area contributed by atoms with Crippen LogP contribution in [0.25, 0.3) is 0 Å². The molecule has 0 aliphatic rings. The van der Waals surface area contributed by atoms with E-state index in [9.17, 15) is 4.79 Å². The van der Waals surface area contributed by atoms with Crippen LogP contribution in [0.15, 0.2) is 24.4 Å². The van der Waals surface area contributed by atoms with E-state index in [1.54, 1.807) is 32.4 Å². The Bertz CT molecular complexity index is 597.